The minimum Gasteiger partial charge on any atom is -0.375 e. The van der Waals surface area contributed by atoms with Crippen LogP contribution in [0.4, 0.5) is 0 Å². The van der Waals surface area contributed by atoms with E-state index < -0.39 is 0 Å². The molecule has 0 N–H and O–H groups in total. The molecule has 0 spiro atoms. The molecule has 7 nitrogen and oxygen atoms in total. The van der Waals surface area contributed by atoms with Gasteiger partial charge in [-0.15, -0.1) is 11.3 Å². The van der Waals surface area contributed by atoms with Gasteiger partial charge in [0.25, 0.3) is 0 Å². The van der Waals surface area contributed by atoms with E-state index in [2.05, 4.69) is 19.9 Å². The van der Waals surface area contributed by atoms with Crippen LogP contribution >= 0.6 is 11.3 Å². The second-order valence-corrected chi connectivity index (χ2v) is 6.16. The molecule has 8 heteroatoms. The summed E-state index contributed by atoms with van der Waals surface area (Å²) in [6.07, 6.45) is 3.44. The first-order valence-electron chi connectivity index (χ1n) is 7.47. The number of aromatic nitrogens is 3. The predicted octanol–water partition coefficient (Wildman–Crippen LogP) is 0.891. The summed E-state index contributed by atoms with van der Waals surface area (Å²) < 4.78 is 4.90. The van der Waals surface area contributed by atoms with Gasteiger partial charge in [-0.1, -0.05) is 0 Å². The van der Waals surface area contributed by atoms with E-state index in [1.54, 1.807) is 36.9 Å². The molecule has 2 aromatic heterocycles. The molecule has 3 rings (SSSR count). The number of carbonyl (C=O) groups excluding carboxylic acids is 1. The molecule has 3 heterocycles. The van der Waals surface area contributed by atoms with Gasteiger partial charge >= 0.3 is 0 Å². The highest BCUT2D eigenvalue weighted by Gasteiger charge is 2.21. The molecule has 1 aliphatic rings. The summed E-state index contributed by atoms with van der Waals surface area (Å²) in [6.45, 7) is 4.12. The highest BCUT2D eigenvalue weighted by atomic mass is 32.1. The van der Waals surface area contributed by atoms with Gasteiger partial charge in [-0.2, -0.15) is 0 Å². The lowest BCUT2D eigenvalue weighted by Crippen LogP contribution is -2.49. The molecule has 0 aromatic carbocycles. The number of amides is 1. The Balaban J connectivity index is 1.53. The normalized spacial score (nSPS) is 15.8. The molecular formula is C15H19N5O2S. The van der Waals surface area contributed by atoms with Gasteiger partial charge in [0, 0.05) is 57.6 Å². The summed E-state index contributed by atoms with van der Waals surface area (Å²) in [5.41, 5.74) is 1.02. The topological polar surface area (TPSA) is 71.5 Å². The van der Waals surface area contributed by atoms with Crippen LogP contribution in [-0.4, -0.2) is 70.6 Å². The van der Waals surface area contributed by atoms with Crippen LogP contribution in [0.25, 0.3) is 10.8 Å². The van der Waals surface area contributed by atoms with Crippen molar-refractivity contribution >= 4 is 17.2 Å². The lowest BCUT2D eigenvalue weighted by Gasteiger charge is -2.34. The van der Waals surface area contributed by atoms with Gasteiger partial charge in [0.15, 0.2) is 10.8 Å². The number of methoxy groups -OCH3 is 1. The first-order valence-corrected chi connectivity index (χ1v) is 8.35. The van der Waals surface area contributed by atoms with E-state index in [0.29, 0.717) is 5.82 Å². The quantitative estimate of drug-likeness (QED) is 0.809. The summed E-state index contributed by atoms with van der Waals surface area (Å²) in [5, 5.41) is 2.89. The first kappa shape index (κ1) is 16.0. The van der Waals surface area contributed by atoms with E-state index in [9.17, 15) is 4.79 Å². The lowest BCUT2D eigenvalue weighted by molar-refractivity contribution is -0.136. The van der Waals surface area contributed by atoms with Crippen LogP contribution in [0.5, 0.6) is 0 Å². The highest BCUT2D eigenvalue weighted by molar-refractivity contribution is 7.13. The summed E-state index contributed by atoms with van der Waals surface area (Å²) in [5.74, 6) is 0.725. The van der Waals surface area contributed by atoms with E-state index in [0.717, 1.165) is 43.4 Å². The highest BCUT2D eigenvalue weighted by Crippen LogP contribution is 2.20. The molecule has 1 saturated heterocycles. The molecule has 0 aliphatic carbocycles. The smallest absolute Gasteiger partial charge is 0.248 e. The van der Waals surface area contributed by atoms with Crippen molar-refractivity contribution in [1.29, 1.82) is 0 Å². The Hall–Kier alpha value is -1.90. The summed E-state index contributed by atoms with van der Waals surface area (Å²) in [4.78, 5) is 29.0. The van der Waals surface area contributed by atoms with Crippen molar-refractivity contribution in [2.75, 3.05) is 39.9 Å². The van der Waals surface area contributed by atoms with Gasteiger partial charge in [0.1, 0.15) is 6.61 Å². The van der Waals surface area contributed by atoms with Crippen molar-refractivity contribution in [1.82, 2.24) is 24.8 Å². The molecule has 0 atom stereocenters. The maximum Gasteiger partial charge on any atom is 0.248 e. The number of piperazine rings is 1. The minimum atomic E-state index is 0.0596. The zero-order valence-electron chi connectivity index (χ0n) is 13.0. The Morgan fingerprint density at radius 1 is 1.26 bits per heavy atom. The molecule has 0 saturated carbocycles. The molecule has 0 bridgehead atoms. The third-order valence-corrected chi connectivity index (χ3v) is 4.57. The van der Waals surface area contributed by atoms with Gasteiger partial charge in [-0.25, -0.2) is 15.0 Å². The Bertz CT molecular complexity index is 640. The van der Waals surface area contributed by atoms with Crippen molar-refractivity contribution < 1.29 is 9.53 Å². The fourth-order valence-electron chi connectivity index (χ4n) is 2.49. The summed E-state index contributed by atoms with van der Waals surface area (Å²) >= 11 is 1.56. The largest absolute Gasteiger partial charge is 0.375 e. The second kappa shape index (κ2) is 7.58. The zero-order chi connectivity index (χ0) is 16.1. The predicted molar refractivity (Wildman–Crippen MR) is 86.9 cm³/mol. The molecule has 1 amide bonds. The average Bonchev–Trinajstić information content (AvgIpc) is 3.05. The number of ether oxygens (including phenoxy) is 1. The number of hydrogen-bond acceptors (Lipinski definition) is 7. The van der Waals surface area contributed by atoms with Crippen molar-refractivity contribution in [2.45, 2.75) is 6.54 Å². The standard InChI is InChI=1S/C15H19N5O2S/c1-22-10-13(21)20-7-5-19(6-8-20)9-12-11-23-15(18-12)14-16-3-2-4-17-14/h2-4,11H,5-10H2,1H3. The van der Waals surface area contributed by atoms with Crippen LogP contribution in [0.2, 0.25) is 0 Å². The van der Waals surface area contributed by atoms with Crippen LogP contribution in [0.3, 0.4) is 0 Å². The lowest BCUT2D eigenvalue weighted by atomic mass is 10.3. The van der Waals surface area contributed by atoms with Crippen LogP contribution < -0.4 is 0 Å². The molecule has 1 aliphatic heterocycles. The van der Waals surface area contributed by atoms with Gasteiger partial charge in [0.2, 0.25) is 5.91 Å². The molecule has 2 aromatic rings. The van der Waals surface area contributed by atoms with Crippen LogP contribution in [0.1, 0.15) is 5.69 Å². The average molecular weight is 333 g/mol. The SMILES string of the molecule is COCC(=O)N1CCN(Cc2csc(-c3ncccn3)n2)CC1. The van der Waals surface area contributed by atoms with Crippen LogP contribution in [-0.2, 0) is 16.1 Å². The van der Waals surface area contributed by atoms with E-state index in [-0.39, 0.29) is 12.5 Å². The number of hydrogen-bond donors (Lipinski definition) is 0. The summed E-state index contributed by atoms with van der Waals surface area (Å²) in [7, 11) is 1.55. The number of nitrogens with zero attached hydrogens (tertiary/aromatic N) is 5. The Kier molecular flexibility index (Phi) is 5.27. The first-order chi connectivity index (χ1) is 11.3. The van der Waals surface area contributed by atoms with E-state index >= 15 is 0 Å². The number of carbonyl (C=O) groups is 1. The van der Waals surface area contributed by atoms with Crippen molar-refractivity contribution in [3.05, 3.63) is 29.5 Å². The summed E-state index contributed by atoms with van der Waals surface area (Å²) in [6, 6.07) is 1.79. The van der Waals surface area contributed by atoms with E-state index in [1.165, 1.54) is 0 Å². The fourth-order valence-corrected chi connectivity index (χ4v) is 3.25. The van der Waals surface area contributed by atoms with Crippen LogP contribution in [0, 0.1) is 0 Å². The third kappa shape index (κ3) is 4.10. The van der Waals surface area contributed by atoms with Gasteiger partial charge in [-0.3, -0.25) is 9.69 Å². The Morgan fingerprint density at radius 3 is 2.70 bits per heavy atom. The molecular weight excluding hydrogens is 314 g/mol. The monoisotopic (exact) mass is 333 g/mol. The molecule has 0 unspecified atom stereocenters. The van der Waals surface area contributed by atoms with E-state index in [4.69, 9.17) is 4.74 Å². The van der Waals surface area contributed by atoms with Crippen molar-refractivity contribution in [3.8, 4) is 10.8 Å². The zero-order valence-corrected chi connectivity index (χ0v) is 13.8. The second-order valence-electron chi connectivity index (χ2n) is 5.31. The van der Waals surface area contributed by atoms with Gasteiger partial charge in [0.05, 0.1) is 5.69 Å². The van der Waals surface area contributed by atoms with Crippen LogP contribution in [0.15, 0.2) is 23.8 Å². The molecule has 1 fully saturated rings. The fraction of sp³-hybridized carbons (Fsp3) is 0.467. The van der Waals surface area contributed by atoms with Gasteiger partial charge in [-0.05, 0) is 6.07 Å². The number of thiazole rings is 1. The Labute approximate surface area is 138 Å². The maximum absolute atomic E-state index is 11.8. The number of rotatable bonds is 5. The van der Waals surface area contributed by atoms with Crippen molar-refractivity contribution in [3.63, 3.8) is 0 Å². The molecule has 0 radical (unpaired) electrons. The van der Waals surface area contributed by atoms with Crippen molar-refractivity contribution in [2.24, 2.45) is 0 Å². The Morgan fingerprint density at radius 2 is 2.00 bits per heavy atom. The molecule has 23 heavy (non-hydrogen) atoms. The van der Waals surface area contributed by atoms with Gasteiger partial charge < -0.3 is 9.64 Å². The third-order valence-electron chi connectivity index (χ3n) is 3.69. The minimum absolute atomic E-state index is 0.0596. The van der Waals surface area contributed by atoms with E-state index in [1.807, 2.05) is 10.3 Å². The molecule has 122 valence electrons. The maximum atomic E-state index is 11.8.